The molecule has 1 aromatic carbocycles. The van der Waals surface area contributed by atoms with Gasteiger partial charge in [0.2, 0.25) is 6.79 Å². The molecule has 0 amide bonds. The van der Waals surface area contributed by atoms with Crippen LogP contribution >= 0.6 is 0 Å². The number of fused-ring (bicyclic) bond motifs is 1. The minimum atomic E-state index is 0.155. The third-order valence-electron chi connectivity index (χ3n) is 5.04. The Hall–Kier alpha value is -2.58. The third-order valence-corrected chi connectivity index (χ3v) is 5.04. The SMILES string of the molecule is C1CNCCOC1.CC.CC/C=C(Cc1cc2c(cc1N=O)OCO2)\C(OC)=C(/CCC)OC. The highest BCUT2D eigenvalue weighted by atomic mass is 16.7. The Morgan fingerprint density at radius 2 is 1.82 bits per heavy atom. The van der Waals surface area contributed by atoms with Gasteiger partial charge in [-0.25, -0.2) is 0 Å². The highest BCUT2D eigenvalue weighted by Gasteiger charge is 2.21. The Balaban J connectivity index is 0.000000540. The minimum Gasteiger partial charge on any atom is -0.497 e. The number of nitrogens with one attached hydrogen (secondary N) is 1. The second kappa shape index (κ2) is 17.8. The molecule has 1 fully saturated rings. The monoisotopic (exact) mass is 478 g/mol. The Labute approximate surface area is 204 Å². The van der Waals surface area contributed by atoms with Crippen molar-refractivity contribution in [2.24, 2.45) is 5.18 Å². The summed E-state index contributed by atoms with van der Waals surface area (Å²) in [7, 11) is 3.28. The summed E-state index contributed by atoms with van der Waals surface area (Å²) in [6.07, 6.45) is 6.29. The third kappa shape index (κ3) is 9.35. The fourth-order valence-corrected chi connectivity index (χ4v) is 3.53. The van der Waals surface area contributed by atoms with E-state index in [0.29, 0.717) is 29.4 Å². The van der Waals surface area contributed by atoms with Crippen molar-refractivity contribution in [2.75, 3.05) is 47.3 Å². The maximum absolute atomic E-state index is 11.3. The van der Waals surface area contributed by atoms with E-state index in [1.165, 1.54) is 6.42 Å². The Bertz CT molecular complexity index is 772. The molecule has 1 N–H and O–H groups in total. The smallest absolute Gasteiger partial charge is 0.231 e. The van der Waals surface area contributed by atoms with Crippen LogP contribution in [0.25, 0.3) is 0 Å². The van der Waals surface area contributed by atoms with Crippen LogP contribution in [0.4, 0.5) is 5.69 Å². The molecule has 0 saturated carbocycles. The molecule has 0 radical (unpaired) electrons. The number of rotatable bonds is 9. The minimum absolute atomic E-state index is 0.155. The van der Waals surface area contributed by atoms with Crippen LogP contribution in [-0.4, -0.2) is 47.3 Å². The van der Waals surface area contributed by atoms with Crippen molar-refractivity contribution in [3.63, 3.8) is 0 Å². The molecule has 1 aromatic rings. The van der Waals surface area contributed by atoms with Gasteiger partial charge in [-0.3, -0.25) is 0 Å². The molecule has 0 spiro atoms. The van der Waals surface area contributed by atoms with E-state index in [-0.39, 0.29) is 6.79 Å². The van der Waals surface area contributed by atoms with Crippen LogP contribution in [0.1, 0.15) is 58.9 Å². The van der Waals surface area contributed by atoms with Gasteiger partial charge in [0.05, 0.1) is 20.8 Å². The predicted molar refractivity (Wildman–Crippen MR) is 136 cm³/mol. The van der Waals surface area contributed by atoms with Gasteiger partial charge in [-0.2, -0.15) is 0 Å². The summed E-state index contributed by atoms with van der Waals surface area (Å²) in [6.45, 7) is 12.3. The lowest BCUT2D eigenvalue weighted by atomic mass is 9.99. The summed E-state index contributed by atoms with van der Waals surface area (Å²) in [6, 6.07) is 3.43. The first-order valence-electron chi connectivity index (χ1n) is 12.2. The van der Waals surface area contributed by atoms with E-state index in [1.807, 2.05) is 19.9 Å². The van der Waals surface area contributed by atoms with Crippen molar-refractivity contribution in [1.82, 2.24) is 5.32 Å². The van der Waals surface area contributed by atoms with Crippen LogP contribution in [0.3, 0.4) is 0 Å². The fourth-order valence-electron chi connectivity index (χ4n) is 3.53. The van der Waals surface area contributed by atoms with Gasteiger partial charge >= 0.3 is 0 Å². The van der Waals surface area contributed by atoms with Crippen molar-refractivity contribution >= 4 is 5.69 Å². The highest BCUT2D eigenvalue weighted by Crippen LogP contribution is 2.39. The molecule has 0 aliphatic carbocycles. The lowest BCUT2D eigenvalue weighted by Crippen LogP contribution is -2.15. The molecule has 0 atom stereocenters. The number of ether oxygens (including phenoxy) is 5. The standard InChI is InChI=1S/C19H25NO5.C5H11NO.C2H6/c1-5-7-13(19(23-4)16(22-3)8-6-2)9-14-10-17-18(25-12-24-17)11-15(14)20-21;1-2-6-3-5-7-4-1;1-2/h7,10-11H,5-6,8-9,12H2,1-4H3;6H,1-5H2;1-2H3/b13-7-,19-16-;;. The average Bonchev–Trinajstić information content (AvgIpc) is 3.11. The van der Waals surface area contributed by atoms with Crippen LogP contribution in [0.15, 0.2) is 40.5 Å². The normalized spacial score (nSPS) is 15.5. The van der Waals surface area contributed by atoms with Crippen LogP contribution in [0, 0.1) is 4.91 Å². The second-order valence-corrected chi connectivity index (χ2v) is 7.37. The number of allylic oxidation sites excluding steroid dienone is 3. The van der Waals surface area contributed by atoms with Crippen molar-refractivity contribution in [3.05, 3.63) is 45.8 Å². The Kier molecular flexibility index (Phi) is 15.5. The molecule has 3 rings (SSSR count). The fraction of sp³-hybridized carbons (Fsp3) is 0.615. The highest BCUT2D eigenvalue weighted by molar-refractivity contribution is 5.59. The quantitative estimate of drug-likeness (QED) is 0.264. The van der Waals surface area contributed by atoms with Crippen LogP contribution < -0.4 is 14.8 Å². The predicted octanol–water partition coefficient (Wildman–Crippen LogP) is 6.02. The van der Waals surface area contributed by atoms with E-state index in [0.717, 1.165) is 62.5 Å². The Morgan fingerprint density at radius 1 is 1.09 bits per heavy atom. The first kappa shape index (κ1) is 29.5. The van der Waals surface area contributed by atoms with Crippen LogP contribution in [0.2, 0.25) is 0 Å². The van der Waals surface area contributed by atoms with Gasteiger partial charge in [-0.15, -0.1) is 4.91 Å². The number of benzene rings is 1. The topological polar surface area (TPSA) is 87.6 Å². The van der Waals surface area contributed by atoms with Gasteiger partial charge in [0.25, 0.3) is 0 Å². The molecule has 2 heterocycles. The average molecular weight is 479 g/mol. The van der Waals surface area contributed by atoms with Gasteiger partial charge in [0.15, 0.2) is 17.3 Å². The molecule has 0 bridgehead atoms. The van der Waals surface area contributed by atoms with E-state index in [9.17, 15) is 4.91 Å². The van der Waals surface area contributed by atoms with Crippen molar-refractivity contribution in [3.8, 4) is 11.5 Å². The number of nitrogens with zero attached hydrogens (tertiary/aromatic N) is 1. The van der Waals surface area contributed by atoms with Gasteiger partial charge in [-0.05, 0) is 48.2 Å². The second-order valence-electron chi connectivity index (χ2n) is 7.37. The first-order chi connectivity index (χ1) is 16.7. The van der Waals surface area contributed by atoms with Gasteiger partial charge < -0.3 is 29.0 Å². The number of hydrogen-bond donors (Lipinski definition) is 1. The number of hydrogen-bond acceptors (Lipinski definition) is 8. The maximum Gasteiger partial charge on any atom is 0.231 e. The summed E-state index contributed by atoms with van der Waals surface area (Å²) < 4.78 is 27.0. The molecule has 2 aliphatic rings. The van der Waals surface area contributed by atoms with Crippen molar-refractivity contribution < 1.29 is 23.7 Å². The largest absolute Gasteiger partial charge is 0.497 e. The van der Waals surface area contributed by atoms with Crippen molar-refractivity contribution in [2.45, 2.75) is 59.8 Å². The van der Waals surface area contributed by atoms with E-state index in [2.05, 4.69) is 30.4 Å². The van der Waals surface area contributed by atoms with E-state index >= 15 is 0 Å². The summed E-state index contributed by atoms with van der Waals surface area (Å²) in [5, 5.41) is 6.37. The molecule has 0 unspecified atom stereocenters. The number of methoxy groups -OCH3 is 2. The van der Waals surface area contributed by atoms with Crippen molar-refractivity contribution in [1.29, 1.82) is 0 Å². The molecular formula is C26H42N2O6. The van der Waals surface area contributed by atoms with Gasteiger partial charge in [-0.1, -0.05) is 33.8 Å². The number of nitroso groups, excluding NO2 is 1. The lowest BCUT2D eigenvalue weighted by molar-refractivity contribution is 0.151. The van der Waals surface area contributed by atoms with Crippen LogP contribution in [-0.2, 0) is 20.6 Å². The molecule has 8 heteroatoms. The first-order valence-corrected chi connectivity index (χ1v) is 12.2. The molecule has 8 nitrogen and oxygen atoms in total. The van der Waals surface area contributed by atoms with E-state index < -0.39 is 0 Å². The summed E-state index contributed by atoms with van der Waals surface area (Å²) in [5.41, 5.74) is 2.07. The Morgan fingerprint density at radius 3 is 2.44 bits per heavy atom. The zero-order valence-electron chi connectivity index (χ0n) is 21.7. The zero-order valence-corrected chi connectivity index (χ0v) is 21.7. The van der Waals surface area contributed by atoms with E-state index in [4.69, 9.17) is 23.7 Å². The summed E-state index contributed by atoms with van der Waals surface area (Å²) in [4.78, 5) is 11.3. The maximum atomic E-state index is 11.3. The summed E-state index contributed by atoms with van der Waals surface area (Å²) >= 11 is 0. The molecule has 1 saturated heterocycles. The zero-order chi connectivity index (χ0) is 25.2. The molecular weight excluding hydrogens is 436 g/mol. The van der Waals surface area contributed by atoms with Gasteiger partial charge in [0, 0.05) is 32.1 Å². The van der Waals surface area contributed by atoms with Crippen LogP contribution in [0.5, 0.6) is 11.5 Å². The molecule has 34 heavy (non-hydrogen) atoms. The molecule has 192 valence electrons. The summed E-state index contributed by atoms with van der Waals surface area (Å²) in [5.74, 6) is 2.68. The lowest BCUT2D eigenvalue weighted by Gasteiger charge is -2.17. The van der Waals surface area contributed by atoms with Gasteiger partial charge in [0.1, 0.15) is 11.4 Å². The molecule has 2 aliphatic heterocycles. The molecule has 0 aromatic heterocycles. The van der Waals surface area contributed by atoms with E-state index in [1.54, 1.807) is 20.3 Å².